The Morgan fingerprint density at radius 1 is 1.17 bits per heavy atom. The predicted molar refractivity (Wildman–Crippen MR) is 105 cm³/mol. The molecule has 0 bridgehead atoms. The normalized spacial score (nSPS) is 13.9. The first-order valence-electron chi connectivity index (χ1n) is 8.08. The highest BCUT2D eigenvalue weighted by Gasteiger charge is 2.20. The Morgan fingerprint density at radius 2 is 1.96 bits per heavy atom. The number of nitrogens with zero attached hydrogens (tertiary/aromatic N) is 3. The second-order valence-corrected chi connectivity index (χ2v) is 8.86. The molecule has 0 N–H and O–H groups in total. The fourth-order valence-corrected chi connectivity index (χ4v) is 5.34. The number of fused-ring (bicyclic) bond motifs is 1. The highest BCUT2D eigenvalue weighted by Crippen LogP contribution is 2.36. The maximum atomic E-state index is 4.48. The molecule has 0 amide bonds. The second-order valence-electron chi connectivity index (χ2n) is 6.04. The highest BCUT2D eigenvalue weighted by molar-refractivity contribution is 9.10. The van der Waals surface area contributed by atoms with Gasteiger partial charge in [-0.3, -0.25) is 0 Å². The van der Waals surface area contributed by atoms with Crippen molar-refractivity contribution < 1.29 is 0 Å². The molecule has 0 aliphatic heterocycles. The van der Waals surface area contributed by atoms with Crippen molar-refractivity contribution in [1.82, 2.24) is 14.8 Å². The Kier molecular flexibility index (Phi) is 4.79. The van der Waals surface area contributed by atoms with Gasteiger partial charge < -0.3 is 4.57 Å². The van der Waals surface area contributed by atoms with Crippen LogP contribution in [-0.2, 0) is 25.6 Å². The molecule has 0 spiro atoms. The zero-order chi connectivity index (χ0) is 16.5. The fourth-order valence-electron chi connectivity index (χ4n) is 3.09. The van der Waals surface area contributed by atoms with Crippen molar-refractivity contribution >= 4 is 39.0 Å². The van der Waals surface area contributed by atoms with Gasteiger partial charge in [0.15, 0.2) is 11.0 Å². The van der Waals surface area contributed by atoms with E-state index in [1.165, 1.54) is 42.4 Å². The minimum atomic E-state index is 0.904. The molecule has 3 nitrogen and oxygen atoms in total. The van der Waals surface area contributed by atoms with E-state index in [1.807, 2.05) is 11.3 Å². The van der Waals surface area contributed by atoms with Gasteiger partial charge in [-0.25, -0.2) is 0 Å². The summed E-state index contributed by atoms with van der Waals surface area (Å²) in [6.07, 6.45) is 5.02. The van der Waals surface area contributed by atoms with Crippen LogP contribution in [0, 0.1) is 0 Å². The molecular weight excluding hydrogens is 402 g/mol. The molecule has 3 aromatic rings. The summed E-state index contributed by atoms with van der Waals surface area (Å²) in [7, 11) is 2.08. The summed E-state index contributed by atoms with van der Waals surface area (Å²) in [4.78, 5) is 1.54. The van der Waals surface area contributed by atoms with E-state index in [4.69, 9.17) is 0 Å². The molecule has 124 valence electrons. The van der Waals surface area contributed by atoms with Crippen molar-refractivity contribution in [3.05, 3.63) is 50.1 Å². The molecule has 0 unspecified atom stereocenters. The van der Waals surface area contributed by atoms with Crippen LogP contribution in [0.25, 0.3) is 11.4 Å². The quantitative estimate of drug-likeness (QED) is 0.524. The third-order valence-electron chi connectivity index (χ3n) is 4.42. The van der Waals surface area contributed by atoms with Gasteiger partial charge in [-0.05, 0) is 48.9 Å². The Balaban J connectivity index is 1.55. The molecule has 6 heteroatoms. The lowest BCUT2D eigenvalue weighted by atomic mass is 9.96. The molecule has 0 radical (unpaired) electrons. The van der Waals surface area contributed by atoms with Crippen LogP contribution in [0.15, 0.2) is 39.3 Å². The third kappa shape index (κ3) is 3.19. The minimum absolute atomic E-state index is 0.904. The third-order valence-corrected chi connectivity index (χ3v) is 7.13. The van der Waals surface area contributed by atoms with Crippen molar-refractivity contribution in [1.29, 1.82) is 0 Å². The van der Waals surface area contributed by atoms with Crippen LogP contribution in [0.2, 0.25) is 0 Å². The molecule has 0 fully saturated rings. The number of rotatable bonds is 4. The molecule has 1 aromatic carbocycles. The standard InChI is InChI=1S/C18H18BrN3S2/c1-22-17(15-11-23-16-5-3-2-4-14(15)16)20-21-18(22)24-10-12-6-8-13(19)9-7-12/h6-9,11H,2-5,10H2,1H3. The van der Waals surface area contributed by atoms with Gasteiger partial charge in [0.2, 0.25) is 0 Å². The average molecular weight is 420 g/mol. The lowest BCUT2D eigenvalue weighted by molar-refractivity contribution is 0.696. The molecule has 2 heterocycles. The predicted octanol–water partition coefficient (Wildman–Crippen LogP) is 5.48. The van der Waals surface area contributed by atoms with Crippen LogP contribution in [0.1, 0.15) is 28.8 Å². The van der Waals surface area contributed by atoms with Crippen LogP contribution >= 0.6 is 39.0 Å². The van der Waals surface area contributed by atoms with Crippen molar-refractivity contribution in [3.63, 3.8) is 0 Å². The first kappa shape index (κ1) is 16.4. The summed E-state index contributed by atoms with van der Waals surface area (Å²) in [5, 5.41) is 12.2. The fraction of sp³-hybridized carbons (Fsp3) is 0.333. The summed E-state index contributed by atoms with van der Waals surface area (Å²) in [6, 6.07) is 8.44. The summed E-state index contributed by atoms with van der Waals surface area (Å²) in [5.41, 5.74) is 4.09. The largest absolute Gasteiger partial charge is 0.305 e. The van der Waals surface area contributed by atoms with Gasteiger partial charge in [0, 0.05) is 33.1 Å². The first-order valence-corrected chi connectivity index (χ1v) is 10.7. The maximum Gasteiger partial charge on any atom is 0.191 e. The molecule has 1 aliphatic rings. The topological polar surface area (TPSA) is 30.7 Å². The highest BCUT2D eigenvalue weighted by atomic mass is 79.9. The van der Waals surface area contributed by atoms with Crippen molar-refractivity contribution in [2.45, 2.75) is 36.6 Å². The van der Waals surface area contributed by atoms with Gasteiger partial charge in [0.05, 0.1) is 0 Å². The van der Waals surface area contributed by atoms with E-state index in [-0.39, 0.29) is 0 Å². The number of hydrogen-bond acceptors (Lipinski definition) is 4. The van der Waals surface area contributed by atoms with Crippen molar-refractivity contribution in [3.8, 4) is 11.4 Å². The number of benzene rings is 1. The molecule has 24 heavy (non-hydrogen) atoms. The van der Waals surface area contributed by atoms with Crippen molar-refractivity contribution in [2.75, 3.05) is 0 Å². The van der Waals surface area contributed by atoms with Gasteiger partial charge >= 0.3 is 0 Å². The first-order chi connectivity index (χ1) is 11.7. The SMILES string of the molecule is Cn1c(SCc2ccc(Br)cc2)nnc1-c1csc2c1CCCC2. The van der Waals surface area contributed by atoms with Crippen LogP contribution in [0.5, 0.6) is 0 Å². The molecule has 1 aliphatic carbocycles. The van der Waals surface area contributed by atoms with Gasteiger partial charge in [0.1, 0.15) is 0 Å². The maximum absolute atomic E-state index is 4.48. The van der Waals surface area contributed by atoms with Gasteiger partial charge in [-0.15, -0.1) is 21.5 Å². The van der Waals surface area contributed by atoms with Crippen LogP contribution in [-0.4, -0.2) is 14.8 Å². The van der Waals surface area contributed by atoms with E-state index in [0.717, 1.165) is 21.2 Å². The van der Waals surface area contributed by atoms with E-state index in [9.17, 15) is 0 Å². The van der Waals surface area contributed by atoms with E-state index < -0.39 is 0 Å². The number of thiophene rings is 1. The summed E-state index contributed by atoms with van der Waals surface area (Å²) < 4.78 is 3.25. The number of hydrogen-bond donors (Lipinski definition) is 0. The van der Waals surface area contributed by atoms with Crippen LogP contribution < -0.4 is 0 Å². The average Bonchev–Trinajstić information content (AvgIpc) is 3.18. The van der Waals surface area contributed by atoms with E-state index >= 15 is 0 Å². The Hall–Kier alpha value is -1.11. The molecule has 2 aromatic heterocycles. The monoisotopic (exact) mass is 419 g/mol. The molecule has 4 rings (SSSR count). The Labute approximate surface area is 158 Å². The van der Waals surface area contributed by atoms with Gasteiger partial charge in [-0.2, -0.15) is 0 Å². The lowest BCUT2D eigenvalue weighted by Crippen LogP contribution is -2.02. The molecule has 0 atom stereocenters. The van der Waals surface area contributed by atoms with Gasteiger partial charge in [0.25, 0.3) is 0 Å². The second kappa shape index (κ2) is 7.02. The van der Waals surface area contributed by atoms with Gasteiger partial charge in [-0.1, -0.05) is 39.8 Å². The zero-order valence-electron chi connectivity index (χ0n) is 13.5. The minimum Gasteiger partial charge on any atom is -0.305 e. The number of halogens is 1. The molecule has 0 saturated heterocycles. The lowest BCUT2D eigenvalue weighted by Gasteiger charge is -2.12. The number of thioether (sulfide) groups is 1. The van der Waals surface area contributed by atoms with Crippen LogP contribution in [0.3, 0.4) is 0 Å². The summed E-state index contributed by atoms with van der Waals surface area (Å²) in [5.74, 6) is 1.91. The van der Waals surface area contributed by atoms with E-state index in [1.54, 1.807) is 16.6 Å². The molecular formula is C18H18BrN3S2. The Bertz CT molecular complexity index is 852. The number of aryl methyl sites for hydroxylation is 1. The summed E-state index contributed by atoms with van der Waals surface area (Å²) >= 11 is 7.10. The Morgan fingerprint density at radius 3 is 2.79 bits per heavy atom. The smallest absolute Gasteiger partial charge is 0.191 e. The van der Waals surface area contributed by atoms with E-state index in [2.05, 4.69) is 67.4 Å². The summed E-state index contributed by atoms with van der Waals surface area (Å²) in [6.45, 7) is 0. The molecule has 0 saturated carbocycles. The van der Waals surface area contributed by atoms with Crippen molar-refractivity contribution in [2.24, 2.45) is 7.05 Å². The van der Waals surface area contributed by atoms with E-state index in [0.29, 0.717) is 0 Å². The zero-order valence-corrected chi connectivity index (χ0v) is 16.7. The number of aromatic nitrogens is 3. The van der Waals surface area contributed by atoms with Crippen LogP contribution in [0.4, 0.5) is 0 Å².